The molecule has 0 aromatic heterocycles. The highest BCUT2D eigenvalue weighted by Gasteiger charge is 2.28. The van der Waals surface area contributed by atoms with Gasteiger partial charge in [0.05, 0.1) is 42.7 Å². The molecule has 4 aromatic carbocycles. The van der Waals surface area contributed by atoms with Crippen molar-refractivity contribution in [2.24, 2.45) is 0 Å². The predicted molar refractivity (Wildman–Crippen MR) is 169 cm³/mol. The smallest absolute Gasteiger partial charge is 0.264 e. The number of rotatable bonds is 14. The first-order valence-electron chi connectivity index (χ1n) is 14.1. The molecular weight excluding hydrogens is 601 g/mol. The van der Waals surface area contributed by atoms with Crippen LogP contribution in [0.3, 0.4) is 0 Å². The van der Waals surface area contributed by atoms with Crippen molar-refractivity contribution >= 4 is 33.2 Å². The fourth-order valence-electron chi connectivity index (χ4n) is 4.49. The maximum Gasteiger partial charge on any atom is 0.264 e. The van der Waals surface area contributed by atoms with Gasteiger partial charge in [-0.3, -0.25) is 13.9 Å². The third-order valence-electron chi connectivity index (χ3n) is 6.72. The highest BCUT2D eigenvalue weighted by molar-refractivity contribution is 7.92. The van der Waals surface area contributed by atoms with Crippen molar-refractivity contribution in [1.29, 1.82) is 0 Å². The van der Waals surface area contributed by atoms with Crippen molar-refractivity contribution in [2.45, 2.75) is 18.2 Å². The Morgan fingerprint density at radius 1 is 0.867 bits per heavy atom. The molecule has 0 heterocycles. The van der Waals surface area contributed by atoms with Crippen LogP contribution in [0.25, 0.3) is 0 Å². The third-order valence-corrected chi connectivity index (χ3v) is 8.51. The molecule has 4 aromatic rings. The molecule has 2 N–H and O–H groups in total. The molecule has 0 saturated heterocycles. The van der Waals surface area contributed by atoms with Crippen LogP contribution in [0, 0.1) is 5.82 Å². The summed E-state index contributed by atoms with van der Waals surface area (Å²) < 4.78 is 58.0. The minimum Gasteiger partial charge on any atom is -0.494 e. The number of methoxy groups -OCH3 is 2. The fourth-order valence-corrected chi connectivity index (χ4v) is 5.91. The number of nitrogens with one attached hydrogen (secondary N) is 2. The van der Waals surface area contributed by atoms with Crippen molar-refractivity contribution in [3.8, 4) is 17.2 Å². The highest BCUT2D eigenvalue weighted by atomic mass is 32.2. The third kappa shape index (κ3) is 8.30. The Kier molecular flexibility index (Phi) is 11.0. The maximum atomic E-state index is 13.7. The molecule has 12 heteroatoms. The monoisotopic (exact) mass is 635 g/mol. The zero-order valence-corrected chi connectivity index (χ0v) is 25.9. The van der Waals surface area contributed by atoms with Crippen LogP contribution >= 0.6 is 0 Å². The van der Waals surface area contributed by atoms with E-state index in [4.69, 9.17) is 14.2 Å². The molecule has 0 aliphatic carbocycles. The number of hydrogen-bond donors (Lipinski definition) is 2. The van der Waals surface area contributed by atoms with Crippen LogP contribution in [0.5, 0.6) is 17.2 Å². The van der Waals surface area contributed by atoms with Crippen molar-refractivity contribution in [3.63, 3.8) is 0 Å². The quantitative estimate of drug-likeness (QED) is 0.199. The molecule has 10 nitrogen and oxygen atoms in total. The standard InChI is InChI=1S/C33H34FN3O7S/c1-4-44-26-14-16-27(17-15-26)45(40,41)37(25-12-10-24(34)11-13-25)22-32(38)36-29-8-6-5-7-28(29)33(39)35-20-19-23-9-18-30(42-2)31(21-23)43-3/h5-18,21H,4,19-20,22H2,1-3H3,(H,35,39)(H,36,38). The molecular formula is C33H34FN3O7S. The Labute approximate surface area is 261 Å². The van der Waals surface area contributed by atoms with E-state index in [0.717, 1.165) is 22.0 Å². The molecule has 0 saturated carbocycles. The zero-order valence-electron chi connectivity index (χ0n) is 25.1. The van der Waals surface area contributed by atoms with Crippen LogP contribution in [0.4, 0.5) is 15.8 Å². The average Bonchev–Trinajstić information content (AvgIpc) is 3.04. The lowest BCUT2D eigenvalue weighted by molar-refractivity contribution is -0.114. The number of para-hydroxylation sites is 1. The van der Waals surface area contributed by atoms with E-state index in [1.807, 2.05) is 19.1 Å². The molecule has 236 valence electrons. The molecule has 2 amide bonds. The molecule has 0 unspecified atom stereocenters. The van der Waals surface area contributed by atoms with E-state index >= 15 is 0 Å². The summed E-state index contributed by atoms with van der Waals surface area (Å²) in [4.78, 5) is 26.3. The lowest BCUT2D eigenvalue weighted by Gasteiger charge is -2.24. The minimum absolute atomic E-state index is 0.0848. The van der Waals surface area contributed by atoms with E-state index in [1.165, 1.54) is 36.4 Å². The number of ether oxygens (including phenoxy) is 3. The summed E-state index contributed by atoms with van der Waals surface area (Å²) in [6.07, 6.45) is 0.511. The first-order valence-corrected chi connectivity index (χ1v) is 15.5. The van der Waals surface area contributed by atoms with Crippen molar-refractivity contribution < 1.29 is 36.6 Å². The minimum atomic E-state index is -4.26. The number of hydrogen-bond acceptors (Lipinski definition) is 7. The van der Waals surface area contributed by atoms with Gasteiger partial charge < -0.3 is 24.8 Å². The van der Waals surface area contributed by atoms with E-state index in [0.29, 0.717) is 36.8 Å². The van der Waals surface area contributed by atoms with Gasteiger partial charge in [-0.15, -0.1) is 0 Å². The zero-order chi connectivity index (χ0) is 32.4. The van der Waals surface area contributed by atoms with E-state index in [-0.39, 0.29) is 21.8 Å². The van der Waals surface area contributed by atoms with E-state index in [1.54, 1.807) is 44.6 Å². The van der Waals surface area contributed by atoms with Gasteiger partial charge in [-0.1, -0.05) is 18.2 Å². The topological polar surface area (TPSA) is 123 Å². The van der Waals surface area contributed by atoms with Gasteiger partial charge in [-0.2, -0.15) is 0 Å². The number of carbonyl (C=O) groups excluding carboxylic acids is 2. The highest BCUT2D eigenvalue weighted by Crippen LogP contribution is 2.28. The number of anilines is 2. The van der Waals surface area contributed by atoms with Crippen LogP contribution in [-0.4, -0.2) is 54.1 Å². The second kappa shape index (κ2) is 15.1. The Morgan fingerprint density at radius 3 is 2.22 bits per heavy atom. The first kappa shape index (κ1) is 32.8. The fraction of sp³-hybridized carbons (Fsp3) is 0.212. The summed E-state index contributed by atoms with van der Waals surface area (Å²) in [5.74, 6) is -0.0363. The summed E-state index contributed by atoms with van der Waals surface area (Å²) in [5.41, 5.74) is 1.40. The Morgan fingerprint density at radius 2 is 1.56 bits per heavy atom. The lowest BCUT2D eigenvalue weighted by atomic mass is 10.1. The SMILES string of the molecule is CCOc1ccc(S(=O)(=O)N(CC(=O)Nc2ccccc2C(=O)NCCc2ccc(OC)c(OC)c2)c2ccc(F)cc2)cc1. The van der Waals surface area contributed by atoms with Gasteiger partial charge in [0, 0.05) is 6.54 Å². The van der Waals surface area contributed by atoms with Crippen LogP contribution in [0.15, 0.2) is 95.9 Å². The molecule has 0 atom stereocenters. The van der Waals surface area contributed by atoms with Crippen molar-refractivity contribution in [3.05, 3.63) is 108 Å². The van der Waals surface area contributed by atoms with Gasteiger partial charge in [0.1, 0.15) is 18.1 Å². The van der Waals surface area contributed by atoms with Gasteiger partial charge in [0.25, 0.3) is 15.9 Å². The van der Waals surface area contributed by atoms with Gasteiger partial charge in [0.2, 0.25) is 5.91 Å². The van der Waals surface area contributed by atoms with E-state index in [2.05, 4.69) is 10.6 Å². The van der Waals surface area contributed by atoms with Crippen molar-refractivity contribution in [1.82, 2.24) is 5.32 Å². The molecule has 0 spiro atoms. The second-order valence-electron chi connectivity index (χ2n) is 9.68. The number of benzene rings is 4. The summed E-state index contributed by atoms with van der Waals surface area (Å²) in [6, 6.07) is 22.4. The van der Waals surface area contributed by atoms with Gasteiger partial charge in [0.15, 0.2) is 11.5 Å². The maximum absolute atomic E-state index is 13.7. The van der Waals surface area contributed by atoms with Crippen LogP contribution in [0.2, 0.25) is 0 Å². The second-order valence-corrected chi connectivity index (χ2v) is 11.5. The molecule has 0 aliphatic rings. The summed E-state index contributed by atoms with van der Waals surface area (Å²) in [7, 11) is -1.17. The number of nitrogens with zero attached hydrogens (tertiary/aromatic N) is 1. The Hall–Kier alpha value is -5.10. The largest absolute Gasteiger partial charge is 0.494 e. The number of halogens is 1. The Balaban J connectivity index is 1.49. The predicted octanol–water partition coefficient (Wildman–Crippen LogP) is 5.05. The molecule has 4 rings (SSSR count). The van der Waals surface area contributed by atoms with Crippen molar-refractivity contribution in [2.75, 3.05) is 43.5 Å². The lowest BCUT2D eigenvalue weighted by Crippen LogP contribution is -2.38. The summed E-state index contributed by atoms with van der Waals surface area (Å²) in [6.45, 7) is 1.87. The average molecular weight is 636 g/mol. The first-order chi connectivity index (χ1) is 21.7. The van der Waals surface area contributed by atoms with Gasteiger partial charge >= 0.3 is 0 Å². The number of sulfonamides is 1. The number of amides is 2. The summed E-state index contributed by atoms with van der Waals surface area (Å²) >= 11 is 0. The van der Waals surface area contributed by atoms with Crippen LogP contribution in [0.1, 0.15) is 22.8 Å². The molecule has 0 fully saturated rings. The van der Waals surface area contributed by atoms with E-state index < -0.39 is 34.2 Å². The Bertz CT molecular complexity index is 1730. The van der Waals surface area contributed by atoms with Crippen LogP contribution in [-0.2, 0) is 21.2 Å². The molecule has 45 heavy (non-hydrogen) atoms. The van der Waals surface area contributed by atoms with Gasteiger partial charge in [-0.25, -0.2) is 12.8 Å². The van der Waals surface area contributed by atoms with E-state index in [9.17, 15) is 22.4 Å². The molecule has 0 radical (unpaired) electrons. The normalized spacial score (nSPS) is 10.9. The van der Waals surface area contributed by atoms with Crippen LogP contribution < -0.4 is 29.1 Å². The molecule has 0 bridgehead atoms. The van der Waals surface area contributed by atoms with Gasteiger partial charge in [-0.05, 0) is 91.7 Å². The molecule has 0 aliphatic heterocycles. The number of carbonyl (C=O) groups is 2. The summed E-state index contributed by atoms with van der Waals surface area (Å²) in [5, 5.41) is 5.50.